The van der Waals surface area contributed by atoms with E-state index in [-0.39, 0.29) is 0 Å². The topological polar surface area (TPSA) is 34.9 Å². The maximum atomic E-state index is 10.9. The van der Waals surface area contributed by atoms with Gasteiger partial charge in [0.05, 0.1) is 5.52 Å². The van der Waals surface area contributed by atoms with Crippen LogP contribution in [-0.4, -0.2) is 16.1 Å². The Morgan fingerprint density at radius 1 is 1.40 bits per heavy atom. The summed E-state index contributed by atoms with van der Waals surface area (Å²) in [6.45, 7) is 6.17. The van der Waals surface area contributed by atoms with Crippen LogP contribution in [0.5, 0.6) is 0 Å². The highest BCUT2D eigenvalue weighted by Gasteiger charge is 2.12. The zero-order valence-electron chi connectivity index (χ0n) is 9.19. The SMILES string of the molecule is Cc1c2c(C=O)cccc2nn1C(C)C. The summed E-state index contributed by atoms with van der Waals surface area (Å²) in [6.07, 6.45) is 0.891. The molecule has 3 heteroatoms. The standard InChI is InChI=1S/C12H14N2O/c1-8(2)14-9(3)12-10(7-15)5-4-6-11(12)13-14/h4-8H,1-3H3. The van der Waals surface area contributed by atoms with E-state index in [1.165, 1.54) is 0 Å². The van der Waals surface area contributed by atoms with Gasteiger partial charge in [-0.2, -0.15) is 5.10 Å². The number of aromatic nitrogens is 2. The first-order chi connectivity index (χ1) is 7.15. The summed E-state index contributed by atoms with van der Waals surface area (Å²) >= 11 is 0. The second kappa shape index (κ2) is 3.50. The molecule has 0 saturated heterocycles. The minimum atomic E-state index is 0.317. The number of hydrogen-bond donors (Lipinski definition) is 0. The molecule has 0 N–H and O–H groups in total. The Kier molecular flexibility index (Phi) is 2.31. The zero-order chi connectivity index (χ0) is 11.0. The summed E-state index contributed by atoms with van der Waals surface area (Å²) < 4.78 is 1.96. The van der Waals surface area contributed by atoms with Gasteiger partial charge < -0.3 is 0 Å². The number of carbonyl (C=O) groups excluding carboxylic acids is 1. The number of carbonyl (C=O) groups is 1. The van der Waals surface area contributed by atoms with Gasteiger partial charge in [-0.05, 0) is 26.8 Å². The predicted octanol–water partition coefficient (Wildman–Crippen LogP) is 2.74. The normalized spacial score (nSPS) is 11.2. The Labute approximate surface area is 88.7 Å². The van der Waals surface area contributed by atoms with Gasteiger partial charge in [0.2, 0.25) is 0 Å². The fourth-order valence-electron chi connectivity index (χ4n) is 1.94. The van der Waals surface area contributed by atoms with Crippen molar-refractivity contribution >= 4 is 17.2 Å². The van der Waals surface area contributed by atoms with Gasteiger partial charge in [-0.15, -0.1) is 0 Å². The number of rotatable bonds is 2. The largest absolute Gasteiger partial charge is 0.298 e. The molecule has 0 aliphatic carbocycles. The second-order valence-corrected chi connectivity index (χ2v) is 3.98. The smallest absolute Gasteiger partial charge is 0.150 e. The van der Waals surface area contributed by atoms with Gasteiger partial charge in [0, 0.05) is 22.7 Å². The maximum Gasteiger partial charge on any atom is 0.150 e. The van der Waals surface area contributed by atoms with Crippen molar-refractivity contribution in [2.45, 2.75) is 26.8 Å². The molecule has 3 nitrogen and oxygen atoms in total. The minimum Gasteiger partial charge on any atom is -0.298 e. The highest BCUT2D eigenvalue weighted by Crippen LogP contribution is 2.23. The summed E-state index contributed by atoms with van der Waals surface area (Å²) in [5.74, 6) is 0. The van der Waals surface area contributed by atoms with E-state index in [4.69, 9.17) is 0 Å². The number of hydrogen-bond acceptors (Lipinski definition) is 2. The van der Waals surface area contributed by atoms with E-state index in [0.29, 0.717) is 6.04 Å². The monoisotopic (exact) mass is 202 g/mol. The number of nitrogens with zero attached hydrogens (tertiary/aromatic N) is 2. The van der Waals surface area contributed by atoms with Crippen LogP contribution in [0.3, 0.4) is 0 Å². The van der Waals surface area contributed by atoms with Gasteiger partial charge in [0.1, 0.15) is 0 Å². The molecule has 0 saturated carbocycles. The van der Waals surface area contributed by atoms with Gasteiger partial charge in [0.25, 0.3) is 0 Å². The first-order valence-electron chi connectivity index (χ1n) is 5.08. The molecule has 2 aromatic rings. The van der Waals surface area contributed by atoms with E-state index in [2.05, 4.69) is 18.9 Å². The van der Waals surface area contributed by atoms with Gasteiger partial charge in [-0.25, -0.2) is 0 Å². The summed E-state index contributed by atoms with van der Waals surface area (Å²) in [5.41, 5.74) is 2.67. The lowest BCUT2D eigenvalue weighted by molar-refractivity contribution is 0.112. The van der Waals surface area contributed by atoms with Gasteiger partial charge in [-0.3, -0.25) is 9.48 Å². The molecule has 2 rings (SSSR count). The number of fused-ring (bicyclic) bond motifs is 1. The highest BCUT2D eigenvalue weighted by atomic mass is 16.1. The minimum absolute atomic E-state index is 0.317. The van der Waals surface area contributed by atoms with Crippen LogP contribution in [0.2, 0.25) is 0 Å². The molecule has 1 aromatic heterocycles. The number of aryl methyl sites for hydroxylation is 1. The summed E-state index contributed by atoms with van der Waals surface area (Å²) in [5, 5.41) is 5.45. The molecule has 0 spiro atoms. The van der Waals surface area contributed by atoms with Crippen molar-refractivity contribution in [2.75, 3.05) is 0 Å². The van der Waals surface area contributed by atoms with Crippen LogP contribution < -0.4 is 0 Å². The Hall–Kier alpha value is -1.64. The fraction of sp³-hybridized carbons (Fsp3) is 0.333. The molecule has 0 aliphatic heterocycles. The predicted molar refractivity (Wildman–Crippen MR) is 60.2 cm³/mol. The Morgan fingerprint density at radius 2 is 2.13 bits per heavy atom. The molecule has 0 unspecified atom stereocenters. The van der Waals surface area contributed by atoms with Crippen molar-refractivity contribution in [3.8, 4) is 0 Å². The van der Waals surface area contributed by atoms with Crippen molar-refractivity contribution in [3.05, 3.63) is 29.5 Å². The van der Waals surface area contributed by atoms with E-state index in [9.17, 15) is 4.79 Å². The molecule has 0 atom stereocenters. The van der Waals surface area contributed by atoms with Crippen LogP contribution in [0.25, 0.3) is 10.9 Å². The van der Waals surface area contributed by atoms with Crippen molar-refractivity contribution in [1.82, 2.24) is 9.78 Å². The molecule has 78 valence electrons. The van der Waals surface area contributed by atoms with Crippen molar-refractivity contribution in [3.63, 3.8) is 0 Å². The van der Waals surface area contributed by atoms with Crippen LogP contribution >= 0.6 is 0 Å². The van der Waals surface area contributed by atoms with E-state index < -0.39 is 0 Å². The van der Waals surface area contributed by atoms with Gasteiger partial charge >= 0.3 is 0 Å². The quantitative estimate of drug-likeness (QED) is 0.702. The van der Waals surface area contributed by atoms with E-state index in [1.807, 2.05) is 29.8 Å². The summed E-state index contributed by atoms with van der Waals surface area (Å²) in [6, 6.07) is 5.95. The number of aldehydes is 1. The molecule has 15 heavy (non-hydrogen) atoms. The summed E-state index contributed by atoms with van der Waals surface area (Å²) in [7, 11) is 0. The first kappa shape index (κ1) is 9.90. The maximum absolute atomic E-state index is 10.9. The molecule has 1 aromatic carbocycles. The first-order valence-corrected chi connectivity index (χ1v) is 5.08. The zero-order valence-corrected chi connectivity index (χ0v) is 9.19. The highest BCUT2D eigenvalue weighted by molar-refractivity contribution is 5.98. The average Bonchev–Trinajstić information content (AvgIpc) is 2.56. The third-order valence-corrected chi connectivity index (χ3v) is 2.61. The second-order valence-electron chi connectivity index (χ2n) is 3.98. The van der Waals surface area contributed by atoms with Crippen LogP contribution in [0.15, 0.2) is 18.2 Å². The van der Waals surface area contributed by atoms with E-state index in [0.717, 1.165) is 28.4 Å². The van der Waals surface area contributed by atoms with E-state index >= 15 is 0 Å². The van der Waals surface area contributed by atoms with E-state index in [1.54, 1.807) is 0 Å². The lowest BCUT2D eigenvalue weighted by Crippen LogP contribution is -2.04. The van der Waals surface area contributed by atoms with Crippen LogP contribution in [0, 0.1) is 6.92 Å². The van der Waals surface area contributed by atoms with Crippen molar-refractivity contribution in [2.24, 2.45) is 0 Å². The molecule has 0 fully saturated rings. The molecule has 0 amide bonds. The molecular weight excluding hydrogens is 188 g/mol. The van der Waals surface area contributed by atoms with Crippen LogP contribution in [0.4, 0.5) is 0 Å². The van der Waals surface area contributed by atoms with Gasteiger partial charge in [0.15, 0.2) is 6.29 Å². The van der Waals surface area contributed by atoms with Crippen LogP contribution in [-0.2, 0) is 0 Å². The Morgan fingerprint density at radius 3 is 2.73 bits per heavy atom. The molecule has 0 aliphatic rings. The summed E-state index contributed by atoms with van der Waals surface area (Å²) in [4.78, 5) is 10.9. The van der Waals surface area contributed by atoms with Crippen molar-refractivity contribution < 1.29 is 4.79 Å². The van der Waals surface area contributed by atoms with Crippen molar-refractivity contribution in [1.29, 1.82) is 0 Å². The third-order valence-electron chi connectivity index (χ3n) is 2.61. The van der Waals surface area contributed by atoms with Gasteiger partial charge in [-0.1, -0.05) is 12.1 Å². The Bertz CT molecular complexity index is 512. The molecule has 0 bridgehead atoms. The number of benzene rings is 1. The third kappa shape index (κ3) is 1.44. The van der Waals surface area contributed by atoms with Crippen LogP contribution in [0.1, 0.15) is 35.9 Å². The molecule has 1 heterocycles. The average molecular weight is 202 g/mol. The Balaban J connectivity index is 2.82. The fourth-order valence-corrected chi connectivity index (χ4v) is 1.94. The lowest BCUT2D eigenvalue weighted by Gasteiger charge is -2.07. The molecular formula is C12H14N2O. The lowest BCUT2D eigenvalue weighted by atomic mass is 10.1. The molecule has 0 radical (unpaired) electrons.